The van der Waals surface area contributed by atoms with E-state index in [1.54, 1.807) is 0 Å². The Morgan fingerprint density at radius 1 is 0.692 bits per heavy atom. The normalized spacial score (nSPS) is 52.2. The Balaban J connectivity index is 2.79. The van der Waals surface area contributed by atoms with Crippen LogP contribution in [0.1, 0.15) is 0 Å². The van der Waals surface area contributed by atoms with Gasteiger partial charge in [-0.2, -0.15) is 0 Å². The maximum absolute atomic E-state index is 9.29. The number of methoxy groups -OCH3 is 1. The highest BCUT2D eigenvalue weighted by Crippen LogP contribution is 2.23. The lowest BCUT2D eigenvalue weighted by molar-refractivity contribution is -0.229. The highest BCUT2D eigenvalue weighted by molar-refractivity contribution is 4.99. The standard InChI is InChI=1S/C7H14O6/c1-13-7-5(11)3(9)2(8)4(10)6(7)12/h2-12H,1H3/t2?,3-,4-,5-,6-,7?/m1/s1. The molecule has 6 heteroatoms. The highest BCUT2D eigenvalue weighted by atomic mass is 16.5. The van der Waals surface area contributed by atoms with Crippen molar-refractivity contribution < 1.29 is 30.3 Å². The van der Waals surface area contributed by atoms with Crippen LogP contribution in [-0.4, -0.2) is 69.3 Å². The van der Waals surface area contributed by atoms with Crippen LogP contribution in [-0.2, 0) is 4.74 Å². The maximum Gasteiger partial charge on any atom is 0.114 e. The van der Waals surface area contributed by atoms with E-state index < -0.39 is 36.6 Å². The van der Waals surface area contributed by atoms with E-state index in [1.165, 1.54) is 7.11 Å². The van der Waals surface area contributed by atoms with Crippen molar-refractivity contribution in [1.29, 1.82) is 0 Å². The number of aliphatic hydroxyl groups is 5. The second-order valence-electron chi connectivity index (χ2n) is 3.15. The molecule has 0 aromatic carbocycles. The molecule has 0 aromatic rings. The van der Waals surface area contributed by atoms with E-state index in [0.717, 1.165) is 0 Å². The van der Waals surface area contributed by atoms with Crippen molar-refractivity contribution in [2.24, 2.45) is 0 Å². The van der Waals surface area contributed by atoms with Crippen molar-refractivity contribution in [3.05, 3.63) is 0 Å². The molecule has 1 rings (SSSR count). The lowest BCUT2D eigenvalue weighted by Crippen LogP contribution is -2.64. The lowest BCUT2D eigenvalue weighted by Gasteiger charge is -2.40. The third-order valence-electron chi connectivity index (χ3n) is 2.35. The second kappa shape index (κ2) is 3.87. The van der Waals surface area contributed by atoms with Crippen molar-refractivity contribution in [2.45, 2.75) is 36.6 Å². The van der Waals surface area contributed by atoms with Crippen LogP contribution < -0.4 is 0 Å². The predicted octanol–water partition coefficient (Wildman–Crippen LogP) is -3.18. The molecule has 0 heterocycles. The van der Waals surface area contributed by atoms with Gasteiger partial charge in [0.2, 0.25) is 0 Å². The molecule has 0 amide bonds. The Hall–Kier alpha value is -0.240. The number of hydrogen-bond donors (Lipinski definition) is 5. The zero-order valence-corrected chi connectivity index (χ0v) is 7.11. The van der Waals surface area contributed by atoms with E-state index in [4.69, 9.17) is 5.11 Å². The molecule has 1 aliphatic carbocycles. The third kappa shape index (κ3) is 1.69. The first-order chi connectivity index (χ1) is 6.00. The van der Waals surface area contributed by atoms with Crippen LogP contribution in [0.2, 0.25) is 0 Å². The molecule has 0 spiro atoms. The predicted molar refractivity (Wildman–Crippen MR) is 40.8 cm³/mol. The molecule has 1 fully saturated rings. The second-order valence-corrected chi connectivity index (χ2v) is 3.15. The molecule has 1 aliphatic rings. The summed E-state index contributed by atoms with van der Waals surface area (Å²) in [5.41, 5.74) is 0. The first-order valence-corrected chi connectivity index (χ1v) is 3.93. The molecular formula is C7H14O6. The molecular weight excluding hydrogens is 180 g/mol. The van der Waals surface area contributed by atoms with Crippen LogP contribution in [0.25, 0.3) is 0 Å². The Labute approximate surface area is 75.0 Å². The largest absolute Gasteiger partial charge is 0.387 e. The van der Waals surface area contributed by atoms with Gasteiger partial charge in [-0.25, -0.2) is 0 Å². The van der Waals surface area contributed by atoms with Crippen LogP contribution in [0.3, 0.4) is 0 Å². The van der Waals surface area contributed by atoms with Crippen LogP contribution >= 0.6 is 0 Å². The molecule has 1 saturated carbocycles. The molecule has 13 heavy (non-hydrogen) atoms. The van der Waals surface area contributed by atoms with Gasteiger partial charge in [0.15, 0.2) is 0 Å². The first-order valence-electron chi connectivity index (χ1n) is 3.93. The zero-order chi connectivity index (χ0) is 10.2. The Morgan fingerprint density at radius 2 is 1.00 bits per heavy atom. The number of aliphatic hydroxyl groups excluding tert-OH is 5. The van der Waals surface area contributed by atoms with Crippen LogP contribution in [0.5, 0.6) is 0 Å². The van der Waals surface area contributed by atoms with Crippen LogP contribution in [0.15, 0.2) is 0 Å². The smallest absolute Gasteiger partial charge is 0.114 e. The molecule has 0 bridgehead atoms. The summed E-state index contributed by atoms with van der Waals surface area (Å²) in [4.78, 5) is 0. The van der Waals surface area contributed by atoms with Crippen molar-refractivity contribution in [3.8, 4) is 0 Å². The number of hydrogen-bond acceptors (Lipinski definition) is 6. The molecule has 6 nitrogen and oxygen atoms in total. The minimum Gasteiger partial charge on any atom is -0.387 e. The van der Waals surface area contributed by atoms with E-state index in [0.29, 0.717) is 0 Å². The summed E-state index contributed by atoms with van der Waals surface area (Å²) in [6.45, 7) is 0. The molecule has 0 unspecified atom stereocenters. The van der Waals surface area contributed by atoms with E-state index >= 15 is 0 Å². The summed E-state index contributed by atoms with van der Waals surface area (Å²) in [5.74, 6) is 0. The van der Waals surface area contributed by atoms with Crippen molar-refractivity contribution in [1.82, 2.24) is 0 Å². The Kier molecular flexibility index (Phi) is 3.23. The molecule has 0 radical (unpaired) electrons. The van der Waals surface area contributed by atoms with Gasteiger partial charge in [0, 0.05) is 7.11 Å². The van der Waals surface area contributed by atoms with Gasteiger partial charge in [-0.1, -0.05) is 0 Å². The quantitative estimate of drug-likeness (QED) is 0.301. The fourth-order valence-electron chi connectivity index (χ4n) is 1.48. The summed E-state index contributed by atoms with van der Waals surface area (Å²) >= 11 is 0. The van der Waals surface area contributed by atoms with E-state index in [9.17, 15) is 20.4 Å². The summed E-state index contributed by atoms with van der Waals surface area (Å²) in [7, 11) is 1.23. The minimum absolute atomic E-state index is 1.09. The molecule has 78 valence electrons. The topological polar surface area (TPSA) is 110 Å². The average Bonchev–Trinajstić information content (AvgIpc) is 2.13. The molecule has 0 aliphatic heterocycles. The van der Waals surface area contributed by atoms with Gasteiger partial charge in [0.1, 0.15) is 36.6 Å². The van der Waals surface area contributed by atoms with Gasteiger partial charge in [0.25, 0.3) is 0 Å². The highest BCUT2D eigenvalue weighted by Gasteiger charge is 2.48. The SMILES string of the molecule is COC1[C@H](O)[C@H](O)C(O)[C@@H](O)[C@H]1O. The zero-order valence-electron chi connectivity index (χ0n) is 7.11. The van der Waals surface area contributed by atoms with Gasteiger partial charge in [-0.3, -0.25) is 0 Å². The maximum atomic E-state index is 9.29. The van der Waals surface area contributed by atoms with Gasteiger partial charge in [-0.15, -0.1) is 0 Å². The Bertz CT molecular complexity index is 158. The molecule has 4 atom stereocenters. The minimum atomic E-state index is -1.56. The summed E-state index contributed by atoms with van der Waals surface area (Å²) in [6.07, 6.45) is -8.48. The fraction of sp³-hybridized carbons (Fsp3) is 1.00. The summed E-state index contributed by atoms with van der Waals surface area (Å²) < 4.78 is 4.67. The van der Waals surface area contributed by atoms with Gasteiger partial charge >= 0.3 is 0 Å². The number of rotatable bonds is 1. The van der Waals surface area contributed by atoms with Crippen LogP contribution in [0.4, 0.5) is 0 Å². The van der Waals surface area contributed by atoms with Crippen molar-refractivity contribution in [3.63, 3.8) is 0 Å². The van der Waals surface area contributed by atoms with E-state index in [1.807, 2.05) is 0 Å². The van der Waals surface area contributed by atoms with Crippen molar-refractivity contribution >= 4 is 0 Å². The van der Waals surface area contributed by atoms with E-state index in [-0.39, 0.29) is 0 Å². The van der Waals surface area contributed by atoms with E-state index in [2.05, 4.69) is 4.74 Å². The lowest BCUT2D eigenvalue weighted by atomic mass is 9.85. The fourth-order valence-corrected chi connectivity index (χ4v) is 1.48. The molecule has 0 saturated heterocycles. The monoisotopic (exact) mass is 194 g/mol. The summed E-state index contributed by atoms with van der Waals surface area (Å²) in [5, 5.41) is 46.1. The van der Waals surface area contributed by atoms with Crippen LogP contribution in [0, 0.1) is 0 Å². The third-order valence-corrected chi connectivity index (χ3v) is 2.35. The molecule has 5 N–H and O–H groups in total. The van der Waals surface area contributed by atoms with Crippen molar-refractivity contribution in [2.75, 3.05) is 7.11 Å². The number of ether oxygens (including phenoxy) is 1. The summed E-state index contributed by atoms with van der Waals surface area (Å²) in [6, 6.07) is 0. The van der Waals surface area contributed by atoms with Gasteiger partial charge < -0.3 is 30.3 Å². The first kappa shape index (κ1) is 10.8. The van der Waals surface area contributed by atoms with Gasteiger partial charge in [0.05, 0.1) is 0 Å². The Morgan fingerprint density at radius 3 is 1.31 bits per heavy atom. The average molecular weight is 194 g/mol. The molecule has 0 aromatic heterocycles. The van der Waals surface area contributed by atoms with Gasteiger partial charge in [-0.05, 0) is 0 Å².